The maximum atomic E-state index is 10.8. The zero-order valence-electron chi connectivity index (χ0n) is 8.00. The van der Waals surface area contributed by atoms with Gasteiger partial charge in [0.15, 0.2) is 0 Å². The second-order valence-electron chi connectivity index (χ2n) is 1.87. The Labute approximate surface area is 104 Å². The third kappa shape index (κ3) is 6.32. The second kappa shape index (κ2) is 8.81. The summed E-state index contributed by atoms with van der Waals surface area (Å²) in [6.45, 7) is 3.66. The maximum Gasteiger partial charge on any atom is 0.335 e. The van der Waals surface area contributed by atoms with E-state index in [1.165, 1.54) is 0 Å². The average Bonchev–Trinajstić information content (AvgIpc) is 2.04. The van der Waals surface area contributed by atoms with Crippen LogP contribution in [0, 0.1) is 0 Å². The molecule has 0 heterocycles. The number of carbonyl (C=O) groups excluding carboxylic acids is 2. The molecule has 0 amide bonds. The largest absolute Gasteiger partial charge is 0.464 e. The Kier molecular flexibility index (Phi) is 10.6. The first kappa shape index (κ1) is 15.7. The topological polar surface area (TPSA) is 52.6 Å². The zero-order chi connectivity index (χ0) is 9.56. The summed E-state index contributed by atoms with van der Waals surface area (Å²) in [6, 6.07) is 0. The Morgan fingerprint density at radius 2 is 1.46 bits per heavy atom. The summed E-state index contributed by atoms with van der Waals surface area (Å²) in [5.74, 6) is -1.53. The van der Waals surface area contributed by atoms with Crippen LogP contribution < -0.4 is 0 Å². The van der Waals surface area contributed by atoms with E-state index in [0.29, 0.717) is 0 Å². The first-order valence-corrected chi connectivity index (χ1v) is 4.04. The van der Waals surface area contributed by atoms with Crippen LogP contribution in [0.25, 0.3) is 0 Å². The monoisotopic (exact) mass is 217 g/mol. The Hall–Kier alpha value is 0.230. The third-order valence-corrected chi connectivity index (χ3v) is 1.34. The fourth-order valence-corrected chi connectivity index (χ4v) is 0.653. The Balaban J connectivity index is 0. The zero-order valence-corrected chi connectivity index (χ0v) is 10.8. The summed E-state index contributed by atoms with van der Waals surface area (Å²) in [7, 11) is 0. The standard InChI is InChI=1S/C7H11ClO4.Na/c1-3-11-6(9)5(8)7(10)12-4-2;/h5H,3-4H2,1-2H3;. The molecule has 0 aromatic heterocycles. The number of hydrogen-bond acceptors (Lipinski definition) is 4. The number of esters is 2. The minimum Gasteiger partial charge on any atom is -0.464 e. The van der Waals surface area contributed by atoms with Gasteiger partial charge in [-0.05, 0) is 13.8 Å². The Morgan fingerprint density at radius 3 is 1.69 bits per heavy atom. The fraction of sp³-hybridized carbons (Fsp3) is 0.714. The van der Waals surface area contributed by atoms with E-state index in [1.807, 2.05) is 0 Å². The first-order valence-electron chi connectivity index (χ1n) is 3.60. The molecule has 1 radical (unpaired) electrons. The van der Waals surface area contributed by atoms with Crippen LogP contribution in [0.5, 0.6) is 0 Å². The molecular formula is C7H11ClNaO4. The van der Waals surface area contributed by atoms with Crippen LogP contribution in [0.2, 0.25) is 0 Å². The molecule has 0 aromatic rings. The van der Waals surface area contributed by atoms with E-state index in [9.17, 15) is 9.59 Å². The molecule has 4 nitrogen and oxygen atoms in total. The van der Waals surface area contributed by atoms with E-state index >= 15 is 0 Å². The predicted octanol–water partition coefficient (Wildman–Crippen LogP) is 0.339. The number of alkyl halides is 1. The smallest absolute Gasteiger partial charge is 0.335 e. The molecule has 0 unspecified atom stereocenters. The molecule has 0 aliphatic heterocycles. The molecule has 0 fully saturated rings. The number of ether oxygens (including phenoxy) is 2. The summed E-state index contributed by atoms with van der Waals surface area (Å²) < 4.78 is 9.00. The van der Waals surface area contributed by atoms with Crippen LogP contribution in [-0.4, -0.2) is 60.1 Å². The summed E-state index contributed by atoms with van der Waals surface area (Å²) in [5.41, 5.74) is 0. The molecule has 0 atom stereocenters. The maximum absolute atomic E-state index is 10.8. The van der Waals surface area contributed by atoms with E-state index in [0.717, 1.165) is 0 Å². The normalized spacial score (nSPS) is 8.92. The van der Waals surface area contributed by atoms with E-state index in [2.05, 4.69) is 9.47 Å². The number of halogens is 1. The summed E-state index contributed by atoms with van der Waals surface area (Å²) in [5, 5.41) is -1.34. The quantitative estimate of drug-likeness (QED) is 0.295. The summed E-state index contributed by atoms with van der Waals surface area (Å²) in [4.78, 5) is 21.6. The van der Waals surface area contributed by atoms with Crippen molar-refractivity contribution in [2.75, 3.05) is 13.2 Å². The van der Waals surface area contributed by atoms with Crippen molar-refractivity contribution in [3.63, 3.8) is 0 Å². The van der Waals surface area contributed by atoms with Gasteiger partial charge in [-0.25, -0.2) is 9.59 Å². The van der Waals surface area contributed by atoms with Gasteiger partial charge in [0, 0.05) is 29.6 Å². The van der Waals surface area contributed by atoms with E-state index in [-0.39, 0.29) is 42.8 Å². The Morgan fingerprint density at radius 1 is 1.15 bits per heavy atom. The molecule has 13 heavy (non-hydrogen) atoms. The molecule has 0 saturated carbocycles. The van der Waals surface area contributed by atoms with Crippen LogP contribution in [0.1, 0.15) is 13.8 Å². The van der Waals surface area contributed by atoms with Crippen molar-refractivity contribution in [3.8, 4) is 0 Å². The number of hydrogen-bond donors (Lipinski definition) is 0. The minimum atomic E-state index is -1.34. The van der Waals surface area contributed by atoms with E-state index in [1.54, 1.807) is 13.8 Å². The van der Waals surface area contributed by atoms with Gasteiger partial charge < -0.3 is 9.47 Å². The van der Waals surface area contributed by atoms with Gasteiger partial charge in [0.1, 0.15) is 0 Å². The molecular weight excluding hydrogens is 207 g/mol. The van der Waals surface area contributed by atoms with E-state index < -0.39 is 17.3 Å². The van der Waals surface area contributed by atoms with Gasteiger partial charge in [-0.2, -0.15) is 0 Å². The van der Waals surface area contributed by atoms with Gasteiger partial charge in [0.2, 0.25) is 5.38 Å². The van der Waals surface area contributed by atoms with Gasteiger partial charge >= 0.3 is 11.9 Å². The van der Waals surface area contributed by atoms with Gasteiger partial charge in [-0.1, -0.05) is 11.6 Å². The molecule has 0 aliphatic rings. The van der Waals surface area contributed by atoms with Crippen LogP contribution in [-0.2, 0) is 19.1 Å². The van der Waals surface area contributed by atoms with Crippen LogP contribution in [0.15, 0.2) is 0 Å². The first-order chi connectivity index (χ1) is 5.63. The second-order valence-corrected chi connectivity index (χ2v) is 2.30. The van der Waals surface area contributed by atoms with Crippen LogP contribution in [0.4, 0.5) is 0 Å². The van der Waals surface area contributed by atoms with Gasteiger partial charge in [-0.15, -0.1) is 0 Å². The van der Waals surface area contributed by atoms with Gasteiger partial charge in [0.05, 0.1) is 13.2 Å². The van der Waals surface area contributed by atoms with Crippen molar-refractivity contribution < 1.29 is 19.1 Å². The summed E-state index contributed by atoms with van der Waals surface area (Å²) >= 11 is 5.39. The molecule has 0 N–H and O–H groups in total. The molecule has 6 heteroatoms. The van der Waals surface area contributed by atoms with Gasteiger partial charge in [0.25, 0.3) is 0 Å². The number of rotatable bonds is 4. The minimum absolute atomic E-state index is 0. The van der Waals surface area contributed by atoms with Crippen molar-refractivity contribution in [2.45, 2.75) is 19.2 Å². The molecule has 0 saturated heterocycles. The molecule has 0 spiro atoms. The molecule has 0 bridgehead atoms. The Bertz CT molecular complexity index is 156. The van der Waals surface area contributed by atoms with E-state index in [4.69, 9.17) is 11.6 Å². The fourth-order valence-electron chi connectivity index (χ4n) is 0.527. The number of carbonyl (C=O) groups is 2. The third-order valence-electron chi connectivity index (χ3n) is 0.987. The molecule has 71 valence electrons. The summed E-state index contributed by atoms with van der Waals surface area (Å²) in [6.07, 6.45) is 0. The molecule has 0 aromatic carbocycles. The van der Waals surface area contributed by atoms with Crippen molar-refractivity contribution in [1.82, 2.24) is 0 Å². The van der Waals surface area contributed by atoms with Crippen LogP contribution in [0.3, 0.4) is 0 Å². The predicted molar refractivity (Wildman–Crippen MR) is 48.7 cm³/mol. The molecule has 0 aliphatic carbocycles. The van der Waals surface area contributed by atoms with Crippen molar-refractivity contribution in [3.05, 3.63) is 0 Å². The van der Waals surface area contributed by atoms with Gasteiger partial charge in [-0.3, -0.25) is 0 Å². The molecule has 0 rings (SSSR count). The van der Waals surface area contributed by atoms with Crippen molar-refractivity contribution in [2.24, 2.45) is 0 Å². The average molecular weight is 218 g/mol. The van der Waals surface area contributed by atoms with Crippen LogP contribution >= 0.6 is 11.6 Å². The SMILES string of the molecule is CCOC(=O)C(Cl)C(=O)OCC.[Na]. The van der Waals surface area contributed by atoms with Crippen molar-refractivity contribution >= 4 is 53.1 Å². The van der Waals surface area contributed by atoms with Crippen molar-refractivity contribution in [1.29, 1.82) is 0 Å².